The van der Waals surface area contributed by atoms with Gasteiger partial charge in [0.15, 0.2) is 5.78 Å². The van der Waals surface area contributed by atoms with E-state index in [0.29, 0.717) is 27.3 Å². The number of benzene rings is 3. The van der Waals surface area contributed by atoms with Crippen LogP contribution in [0.2, 0.25) is 5.02 Å². The molecule has 9 heteroatoms. The first-order chi connectivity index (χ1) is 14.9. The molecule has 8 nitrogen and oxygen atoms in total. The number of carbonyl (C=O) groups excluding carboxylic acids is 2. The maximum atomic E-state index is 13.2. The molecule has 0 aliphatic carbocycles. The second kappa shape index (κ2) is 8.29. The maximum absolute atomic E-state index is 13.2. The largest absolute Gasteiger partial charge is 0.465 e. The molecule has 0 aliphatic rings. The zero-order chi connectivity index (χ0) is 22.0. The molecule has 0 bridgehead atoms. The van der Waals surface area contributed by atoms with Crippen molar-refractivity contribution in [3.8, 4) is 0 Å². The Hall–Kier alpha value is -4.17. The number of carbonyl (C=O) groups is 3. The summed E-state index contributed by atoms with van der Waals surface area (Å²) in [6, 6.07) is 17.9. The monoisotopic (exact) mass is 434 g/mol. The predicted molar refractivity (Wildman–Crippen MR) is 117 cm³/mol. The average molecular weight is 435 g/mol. The van der Waals surface area contributed by atoms with Gasteiger partial charge >= 0.3 is 6.09 Å². The molecule has 0 radical (unpaired) electrons. The van der Waals surface area contributed by atoms with Crippen LogP contribution in [0, 0.1) is 0 Å². The SMILES string of the molecule is O=C(O)Nc1nc2ccc(C(=O)c3ccccc3C(=O)Nc3cccc(Cl)c3)cc2[nH]1. The molecule has 4 aromatic rings. The van der Waals surface area contributed by atoms with Gasteiger partial charge in [-0.25, -0.2) is 9.78 Å². The number of fused-ring (bicyclic) bond motifs is 1. The number of nitrogens with zero attached hydrogens (tertiary/aromatic N) is 1. The lowest BCUT2D eigenvalue weighted by molar-refractivity contribution is 0.0996. The Kier molecular flexibility index (Phi) is 5.38. The Bertz CT molecular complexity index is 1330. The van der Waals surface area contributed by atoms with Gasteiger partial charge in [-0.2, -0.15) is 0 Å². The third-order valence-electron chi connectivity index (χ3n) is 4.47. The van der Waals surface area contributed by atoms with Crippen molar-refractivity contribution < 1.29 is 19.5 Å². The van der Waals surface area contributed by atoms with Gasteiger partial charge in [-0.05, 0) is 42.5 Å². The number of rotatable bonds is 5. The Morgan fingerprint density at radius 1 is 0.903 bits per heavy atom. The Labute approximate surface area is 180 Å². The van der Waals surface area contributed by atoms with Crippen LogP contribution in [0.25, 0.3) is 11.0 Å². The smallest absolute Gasteiger partial charge is 0.411 e. The van der Waals surface area contributed by atoms with Crippen LogP contribution in [0.4, 0.5) is 16.4 Å². The normalized spacial score (nSPS) is 10.6. The lowest BCUT2D eigenvalue weighted by Gasteiger charge is -2.10. The van der Waals surface area contributed by atoms with Crippen molar-refractivity contribution in [3.05, 3.63) is 88.4 Å². The van der Waals surface area contributed by atoms with Gasteiger partial charge in [0, 0.05) is 21.8 Å². The minimum atomic E-state index is -1.25. The number of nitrogens with one attached hydrogen (secondary N) is 3. The van der Waals surface area contributed by atoms with Crippen molar-refractivity contribution in [2.75, 3.05) is 10.6 Å². The number of imidazole rings is 1. The van der Waals surface area contributed by atoms with Crippen LogP contribution < -0.4 is 10.6 Å². The number of hydrogen-bond donors (Lipinski definition) is 4. The molecule has 1 aromatic heterocycles. The van der Waals surface area contributed by atoms with Crippen LogP contribution >= 0.6 is 11.6 Å². The third kappa shape index (κ3) is 4.39. The number of halogens is 1. The van der Waals surface area contributed by atoms with Gasteiger partial charge in [-0.1, -0.05) is 35.9 Å². The lowest BCUT2D eigenvalue weighted by atomic mass is 9.97. The standard InChI is InChI=1S/C22H15ClN4O4/c23-13-4-3-5-14(11-13)24-20(29)16-7-2-1-6-15(16)19(28)12-8-9-17-18(10-12)26-21(25-17)27-22(30)31/h1-11H,(H,24,29)(H,30,31)(H2,25,26,27). The number of aromatic nitrogens is 2. The first kappa shape index (κ1) is 20.1. The highest BCUT2D eigenvalue weighted by atomic mass is 35.5. The van der Waals surface area contributed by atoms with E-state index in [9.17, 15) is 14.4 Å². The Morgan fingerprint density at radius 3 is 2.42 bits per heavy atom. The second-order valence-electron chi connectivity index (χ2n) is 6.59. The van der Waals surface area contributed by atoms with Gasteiger partial charge in [-0.15, -0.1) is 0 Å². The average Bonchev–Trinajstić information content (AvgIpc) is 3.13. The van der Waals surface area contributed by atoms with Crippen LogP contribution in [-0.4, -0.2) is 32.9 Å². The summed E-state index contributed by atoms with van der Waals surface area (Å²) < 4.78 is 0. The fourth-order valence-corrected chi connectivity index (χ4v) is 3.30. The number of aromatic amines is 1. The highest BCUT2D eigenvalue weighted by molar-refractivity contribution is 6.31. The second-order valence-corrected chi connectivity index (χ2v) is 7.02. The highest BCUT2D eigenvalue weighted by Crippen LogP contribution is 2.22. The molecule has 4 rings (SSSR count). The van der Waals surface area contributed by atoms with E-state index in [1.54, 1.807) is 66.7 Å². The van der Waals surface area contributed by atoms with Gasteiger partial charge in [0.25, 0.3) is 5.91 Å². The predicted octanol–water partition coefficient (Wildman–Crippen LogP) is 4.79. The molecule has 0 saturated carbocycles. The number of H-pyrrole nitrogens is 1. The fraction of sp³-hybridized carbons (Fsp3) is 0. The van der Waals surface area contributed by atoms with E-state index in [2.05, 4.69) is 20.6 Å². The Balaban J connectivity index is 1.64. The lowest BCUT2D eigenvalue weighted by Crippen LogP contribution is -2.17. The van der Waals surface area contributed by atoms with E-state index in [4.69, 9.17) is 16.7 Å². The van der Waals surface area contributed by atoms with Crippen LogP contribution in [0.1, 0.15) is 26.3 Å². The third-order valence-corrected chi connectivity index (χ3v) is 4.70. The minimum Gasteiger partial charge on any atom is -0.465 e. The number of hydrogen-bond acceptors (Lipinski definition) is 4. The molecular formula is C22H15ClN4O4. The molecule has 0 fully saturated rings. The molecule has 2 amide bonds. The van der Waals surface area contributed by atoms with Crippen LogP contribution in [0.15, 0.2) is 66.7 Å². The summed E-state index contributed by atoms with van der Waals surface area (Å²) in [5.41, 5.74) is 2.25. The number of ketones is 1. The molecule has 1 heterocycles. The van der Waals surface area contributed by atoms with E-state index >= 15 is 0 Å². The minimum absolute atomic E-state index is 0.0494. The van der Waals surface area contributed by atoms with Crippen LogP contribution in [0.5, 0.6) is 0 Å². The number of anilines is 2. The van der Waals surface area contributed by atoms with Gasteiger partial charge in [0.1, 0.15) is 0 Å². The highest BCUT2D eigenvalue weighted by Gasteiger charge is 2.19. The molecule has 0 aliphatic heterocycles. The molecule has 0 atom stereocenters. The van der Waals surface area contributed by atoms with Crippen LogP contribution in [-0.2, 0) is 0 Å². The van der Waals surface area contributed by atoms with Crippen molar-refractivity contribution in [1.29, 1.82) is 0 Å². The zero-order valence-corrected chi connectivity index (χ0v) is 16.6. The van der Waals surface area contributed by atoms with Gasteiger partial charge in [-0.3, -0.25) is 14.9 Å². The summed E-state index contributed by atoms with van der Waals surface area (Å²) in [5.74, 6) is -0.753. The summed E-state index contributed by atoms with van der Waals surface area (Å²) in [5, 5.41) is 14.2. The molecule has 0 saturated heterocycles. The van der Waals surface area contributed by atoms with E-state index in [0.717, 1.165) is 0 Å². The molecule has 0 spiro atoms. The quantitative estimate of drug-likeness (QED) is 0.336. The molecule has 3 aromatic carbocycles. The fourth-order valence-electron chi connectivity index (χ4n) is 3.11. The first-order valence-corrected chi connectivity index (χ1v) is 9.49. The topological polar surface area (TPSA) is 124 Å². The maximum Gasteiger partial charge on any atom is 0.411 e. The summed E-state index contributed by atoms with van der Waals surface area (Å²) in [4.78, 5) is 43.7. The van der Waals surface area contributed by atoms with Gasteiger partial charge < -0.3 is 15.4 Å². The van der Waals surface area contributed by atoms with Crippen molar-refractivity contribution in [1.82, 2.24) is 9.97 Å². The molecule has 31 heavy (non-hydrogen) atoms. The number of carboxylic acid groups (broad SMARTS) is 1. The van der Waals surface area contributed by atoms with E-state index in [1.807, 2.05) is 0 Å². The van der Waals surface area contributed by atoms with E-state index in [1.165, 1.54) is 0 Å². The summed E-state index contributed by atoms with van der Waals surface area (Å²) >= 11 is 5.96. The van der Waals surface area contributed by atoms with Crippen molar-refractivity contribution >= 4 is 52.1 Å². The molecule has 154 valence electrons. The summed E-state index contributed by atoms with van der Waals surface area (Å²) in [6.45, 7) is 0. The molecular weight excluding hydrogens is 420 g/mol. The van der Waals surface area contributed by atoms with Gasteiger partial charge in [0.2, 0.25) is 5.95 Å². The summed E-state index contributed by atoms with van der Waals surface area (Å²) in [6.07, 6.45) is -1.25. The van der Waals surface area contributed by atoms with E-state index in [-0.39, 0.29) is 22.9 Å². The molecule has 4 N–H and O–H groups in total. The first-order valence-electron chi connectivity index (χ1n) is 9.11. The van der Waals surface area contributed by atoms with E-state index < -0.39 is 12.0 Å². The summed E-state index contributed by atoms with van der Waals surface area (Å²) in [7, 11) is 0. The van der Waals surface area contributed by atoms with Gasteiger partial charge in [0.05, 0.1) is 16.6 Å². The number of amides is 2. The zero-order valence-electron chi connectivity index (χ0n) is 15.8. The van der Waals surface area contributed by atoms with Crippen molar-refractivity contribution in [2.24, 2.45) is 0 Å². The van der Waals surface area contributed by atoms with Crippen LogP contribution in [0.3, 0.4) is 0 Å². The van der Waals surface area contributed by atoms with Crippen molar-refractivity contribution in [2.45, 2.75) is 0 Å². The Morgan fingerprint density at radius 2 is 1.68 bits per heavy atom. The van der Waals surface area contributed by atoms with Crippen molar-refractivity contribution in [3.63, 3.8) is 0 Å². The molecule has 0 unspecified atom stereocenters.